The lowest BCUT2D eigenvalue weighted by Crippen LogP contribution is -2.10. The van der Waals surface area contributed by atoms with Gasteiger partial charge in [0.1, 0.15) is 5.82 Å². The second-order valence-electron chi connectivity index (χ2n) is 4.30. The van der Waals surface area contributed by atoms with Crippen molar-refractivity contribution in [2.24, 2.45) is 0 Å². The van der Waals surface area contributed by atoms with Crippen molar-refractivity contribution in [2.75, 3.05) is 5.73 Å². The molecule has 3 rings (SSSR count). The Hall–Kier alpha value is -2.82. The summed E-state index contributed by atoms with van der Waals surface area (Å²) in [5.74, 6) is -0.254. The number of hydrogen-bond acceptors (Lipinski definition) is 3. The van der Waals surface area contributed by atoms with E-state index in [1.165, 1.54) is 12.1 Å². The lowest BCUT2D eigenvalue weighted by molar-refractivity contribution is 0.348. The molecule has 20 heavy (non-hydrogen) atoms. The lowest BCUT2D eigenvalue weighted by atomic mass is 10.1. The number of nitrogens with zero attached hydrogens (tertiary/aromatic N) is 1. The van der Waals surface area contributed by atoms with Crippen LogP contribution in [0.25, 0.3) is 17.0 Å². The molecule has 0 aliphatic carbocycles. The summed E-state index contributed by atoms with van der Waals surface area (Å²) < 4.78 is 20.2. The maximum Gasteiger partial charge on any atom is 0.287 e. The standard InChI is InChI=1S/C15H11FN2O2/c16-13-4-2-1-3-12(13)14-9-15(19)18(20-14)11-7-5-10(17)6-8-11/h1-9H,17H2. The number of anilines is 1. The molecule has 1 heterocycles. The van der Waals surface area contributed by atoms with Crippen molar-refractivity contribution in [3.05, 3.63) is 70.8 Å². The van der Waals surface area contributed by atoms with E-state index in [-0.39, 0.29) is 16.9 Å². The van der Waals surface area contributed by atoms with Gasteiger partial charge in [-0.2, -0.15) is 0 Å². The Morgan fingerprint density at radius 3 is 2.45 bits per heavy atom. The molecule has 3 aromatic rings. The maximum absolute atomic E-state index is 13.7. The topological polar surface area (TPSA) is 61.2 Å². The van der Waals surface area contributed by atoms with Crippen LogP contribution in [0.5, 0.6) is 0 Å². The van der Waals surface area contributed by atoms with Gasteiger partial charge in [0.15, 0.2) is 5.76 Å². The Kier molecular flexibility index (Phi) is 2.87. The Balaban J connectivity index is 2.10. The number of hydrogen-bond donors (Lipinski definition) is 1. The van der Waals surface area contributed by atoms with E-state index in [4.69, 9.17) is 10.3 Å². The van der Waals surface area contributed by atoms with Crippen LogP contribution >= 0.6 is 0 Å². The number of benzene rings is 2. The van der Waals surface area contributed by atoms with Gasteiger partial charge in [-0.3, -0.25) is 4.79 Å². The summed E-state index contributed by atoms with van der Waals surface area (Å²) in [6.07, 6.45) is 0. The Morgan fingerprint density at radius 2 is 1.75 bits per heavy atom. The molecule has 2 aromatic carbocycles. The van der Waals surface area contributed by atoms with Crippen LogP contribution in [-0.4, -0.2) is 4.74 Å². The fourth-order valence-corrected chi connectivity index (χ4v) is 1.92. The SMILES string of the molecule is Nc1ccc(-n2oc(-c3ccccc3F)cc2=O)cc1. The van der Waals surface area contributed by atoms with E-state index in [9.17, 15) is 9.18 Å². The molecule has 0 unspecified atom stereocenters. The summed E-state index contributed by atoms with van der Waals surface area (Å²) in [4.78, 5) is 11.9. The summed E-state index contributed by atoms with van der Waals surface area (Å²) >= 11 is 0. The third-order valence-electron chi connectivity index (χ3n) is 2.91. The van der Waals surface area contributed by atoms with Crippen molar-refractivity contribution < 1.29 is 8.91 Å². The van der Waals surface area contributed by atoms with Crippen LogP contribution < -0.4 is 11.3 Å². The largest absolute Gasteiger partial charge is 0.399 e. The smallest absolute Gasteiger partial charge is 0.287 e. The van der Waals surface area contributed by atoms with E-state index in [2.05, 4.69) is 0 Å². The van der Waals surface area contributed by atoms with Gasteiger partial charge in [-0.15, -0.1) is 4.74 Å². The van der Waals surface area contributed by atoms with Gasteiger partial charge in [-0.1, -0.05) is 12.1 Å². The quantitative estimate of drug-likeness (QED) is 0.728. The first-order valence-corrected chi connectivity index (χ1v) is 5.99. The molecule has 4 nitrogen and oxygen atoms in total. The summed E-state index contributed by atoms with van der Waals surface area (Å²) in [7, 11) is 0. The Labute approximate surface area is 113 Å². The molecule has 2 N–H and O–H groups in total. The number of halogens is 1. The minimum atomic E-state index is -0.439. The molecule has 5 heteroatoms. The fraction of sp³-hybridized carbons (Fsp3) is 0. The summed E-state index contributed by atoms with van der Waals surface area (Å²) in [5.41, 5.74) is 6.59. The average Bonchev–Trinajstić information content (AvgIpc) is 2.82. The molecule has 0 spiro atoms. The third kappa shape index (κ3) is 2.09. The Morgan fingerprint density at radius 1 is 1.05 bits per heavy atom. The predicted molar refractivity (Wildman–Crippen MR) is 74.1 cm³/mol. The van der Waals surface area contributed by atoms with Gasteiger partial charge in [0.2, 0.25) is 0 Å². The normalized spacial score (nSPS) is 10.7. The zero-order valence-corrected chi connectivity index (χ0v) is 10.4. The van der Waals surface area contributed by atoms with Crippen LogP contribution in [0.3, 0.4) is 0 Å². The van der Waals surface area contributed by atoms with E-state index >= 15 is 0 Å². The van der Waals surface area contributed by atoms with Crippen molar-refractivity contribution in [3.8, 4) is 17.0 Å². The average molecular weight is 270 g/mol. The van der Waals surface area contributed by atoms with Gasteiger partial charge < -0.3 is 10.3 Å². The van der Waals surface area contributed by atoms with Gasteiger partial charge in [-0.25, -0.2) is 4.39 Å². The molecule has 0 saturated heterocycles. The van der Waals surface area contributed by atoms with Crippen LogP contribution in [0, 0.1) is 5.82 Å². The van der Waals surface area contributed by atoms with Crippen molar-refractivity contribution in [2.45, 2.75) is 0 Å². The van der Waals surface area contributed by atoms with Gasteiger partial charge >= 0.3 is 0 Å². The molecular formula is C15H11FN2O2. The fourth-order valence-electron chi connectivity index (χ4n) is 1.92. The predicted octanol–water partition coefficient (Wildman–Crippen LogP) is 2.82. The molecule has 0 amide bonds. The maximum atomic E-state index is 13.7. The summed E-state index contributed by atoms with van der Waals surface area (Å²) in [5, 5.41) is 0. The second kappa shape index (κ2) is 4.70. The molecule has 0 fully saturated rings. The minimum Gasteiger partial charge on any atom is -0.399 e. The van der Waals surface area contributed by atoms with Crippen LogP contribution in [-0.2, 0) is 0 Å². The summed E-state index contributed by atoms with van der Waals surface area (Å²) in [6, 6.07) is 14.0. The van der Waals surface area contributed by atoms with Crippen LogP contribution in [0.4, 0.5) is 10.1 Å². The highest BCUT2D eigenvalue weighted by atomic mass is 19.1. The molecule has 0 radical (unpaired) electrons. The van der Waals surface area contributed by atoms with Crippen LogP contribution in [0.1, 0.15) is 0 Å². The molecule has 0 bridgehead atoms. The lowest BCUT2D eigenvalue weighted by Gasteiger charge is -2.01. The first kappa shape index (κ1) is 12.2. The molecule has 0 atom stereocenters. The number of rotatable bonds is 2. The first-order chi connectivity index (χ1) is 9.65. The zero-order chi connectivity index (χ0) is 14.1. The van der Waals surface area contributed by atoms with Crippen LogP contribution in [0.2, 0.25) is 0 Å². The van der Waals surface area contributed by atoms with Crippen molar-refractivity contribution in [1.82, 2.24) is 4.74 Å². The zero-order valence-electron chi connectivity index (χ0n) is 10.4. The highest BCUT2D eigenvalue weighted by Gasteiger charge is 2.13. The highest BCUT2D eigenvalue weighted by Crippen LogP contribution is 2.22. The molecule has 0 saturated carbocycles. The van der Waals surface area contributed by atoms with E-state index in [1.54, 1.807) is 42.5 Å². The molecule has 0 aliphatic heterocycles. The first-order valence-electron chi connectivity index (χ1n) is 5.99. The van der Waals surface area contributed by atoms with E-state index in [1.807, 2.05) is 0 Å². The molecule has 100 valence electrons. The van der Waals surface area contributed by atoms with Crippen molar-refractivity contribution in [3.63, 3.8) is 0 Å². The highest BCUT2D eigenvalue weighted by molar-refractivity contribution is 5.57. The van der Waals surface area contributed by atoms with Gasteiger partial charge in [-0.05, 0) is 36.4 Å². The number of aromatic nitrogens is 1. The van der Waals surface area contributed by atoms with Crippen molar-refractivity contribution in [1.29, 1.82) is 0 Å². The van der Waals surface area contributed by atoms with E-state index in [0.29, 0.717) is 11.4 Å². The molecule has 1 aromatic heterocycles. The number of nitrogens with two attached hydrogens (primary N) is 1. The van der Waals surface area contributed by atoms with E-state index < -0.39 is 5.82 Å². The van der Waals surface area contributed by atoms with Gasteiger partial charge in [0, 0.05) is 5.69 Å². The monoisotopic (exact) mass is 270 g/mol. The second-order valence-corrected chi connectivity index (χ2v) is 4.30. The Bertz CT molecular complexity index is 803. The van der Waals surface area contributed by atoms with Gasteiger partial charge in [0.25, 0.3) is 5.56 Å². The van der Waals surface area contributed by atoms with E-state index in [0.717, 1.165) is 4.74 Å². The molecule has 0 aliphatic rings. The summed E-state index contributed by atoms with van der Waals surface area (Å²) in [6.45, 7) is 0. The third-order valence-corrected chi connectivity index (χ3v) is 2.91. The van der Waals surface area contributed by atoms with Crippen LogP contribution in [0.15, 0.2) is 63.9 Å². The van der Waals surface area contributed by atoms with Gasteiger partial charge in [0.05, 0.1) is 17.3 Å². The van der Waals surface area contributed by atoms with Crippen molar-refractivity contribution >= 4 is 5.69 Å². The molecular weight excluding hydrogens is 259 g/mol. The minimum absolute atomic E-state index is 0.185. The number of nitrogen functional groups attached to an aromatic ring is 1.